The molecular formula is C24H19ClN6O. The van der Waals surface area contributed by atoms with Crippen LogP contribution >= 0.6 is 11.6 Å². The van der Waals surface area contributed by atoms with E-state index < -0.39 is 5.92 Å². The van der Waals surface area contributed by atoms with Gasteiger partial charge in [-0.3, -0.25) is 4.90 Å². The Bertz CT molecular complexity index is 1380. The molecule has 0 amide bonds. The lowest BCUT2D eigenvalue weighted by Gasteiger charge is -2.31. The van der Waals surface area contributed by atoms with Gasteiger partial charge in [0, 0.05) is 18.2 Å². The number of benzene rings is 2. The highest BCUT2D eigenvalue weighted by molar-refractivity contribution is 6.30. The lowest BCUT2D eigenvalue weighted by Crippen LogP contribution is -2.31. The molecule has 8 heteroatoms. The van der Waals surface area contributed by atoms with Gasteiger partial charge < -0.3 is 10.2 Å². The number of fused-ring (bicyclic) bond motifs is 1. The third-order valence-corrected chi connectivity index (χ3v) is 5.84. The van der Waals surface area contributed by atoms with Gasteiger partial charge in [-0.25, -0.2) is 9.67 Å². The Morgan fingerprint density at radius 1 is 1.03 bits per heavy atom. The lowest BCUT2D eigenvalue weighted by atomic mass is 9.86. The molecule has 3 heterocycles. The van der Waals surface area contributed by atoms with Crippen molar-refractivity contribution in [3.8, 4) is 11.8 Å². The van der Waals surface area contributed by atoms with E-state index in [2.05, 4.69) is 16.2 Å². The fourth-order valence-corrected chi connectivity index (χ4v) is 4.48. The molecule has 7 nitrogen and oxygen atoms in total. The second-order valence-corrected chi connectivity index (χ2v) is 7.83. The van der Waals surface area contributed by atoms with Crippen LogP contribution in [0, 0.1) is 25.2 Å². The number of aryl methyl sites for hydroxylation is 1. The number of oxazole rings is 1. The second-order valence-electron chi connectivity index (χ2n) is 7.48. The maximum Gasteiger partial charge on any atom is 0.230 e. The summed E-state index contributed by atoms with van der Waals surface area (Å²) in [5, 5.41) is 15.0. The van der Waals surface area contributed by atoms with Crippen LogP contribution in [0.25, 0.3) is 5.69 Å². The minimum Gasteiger partial charge on any atom is -0.424 e. The predicted molar refractivity (Wildman–Crippen MR) is 122 cm³/mol. The standard InChI is InChI=1S/C24H19ClN6O/c1-14-19(22(25)29-31(14)17-11-7-4-8-12-17)20-18(13-26)23(27)30(16-9-5-3-6-10-16)24-21(20)28-15(2)32-24/h3-12,20H,27H2,1-2H3/t20-/m0/s1. The van der Waals surface area contributed by atoms with Crippen molar-refractivity contribution in [1.29, 1.82) is 5.26 Å². The molecule has 0 unspecified atom stereocenters. The van der Waals surface area contributed by atoms with Gasteiger partial charge in [-0.2, -0.15) is 10.4 Å². The normalized spacial score (nSPS) is 15.6. The first kappa shape index (κ1) is 19.9. The van der Waals surface area contributed by atoms with E-state index in [1.54, 1.807) is 16.5 Å². The number of nitriles is 1. The van der Waals surface area contributed by atoms with Crippen molar-refractivity contribution in [1.82, 2.24) is 14.8 Å². The fourth-order valence-electron chi connectivity index (χ4n) is 4.16. The summed E-state index contributed by atoms with van der Waals surface area (Å²) in [4.78, 5) is 6.35. The van der Waals surface area contributed by atoms with Crippen molar-refractivity contribution in [3.05, 3.63) is 100 Å². The smallest absolute Gasteiger partial charge is 0.230 e. The van der Waals surface area contributed by atoms with Crippen LogP contribution in [0.3, 0.4) is 0 Å². The summed E-state index contributed by atoms with van der Waals surface area (Å²) in [6, 6.07) is 21.5. The number of para-hydroxylation sites is 2. The van der Waals surface area contributed by atoms with E-state index in [1.165, 1.54) is 0 Å². The SMILES string of the molecule is Cc1nc2c(o1)N(c1ccccc1)C(N)=C(C#N)[C@H]2c1c(Cl)nn(-c2ccccc2)c1C. The molecule has 0 saturated carbocycles. The van der Waals surface area contributed by atoms with E-state index in [-0.39, 0.29) is 11.0 Å². The maximum atomic E-state index is 10.2. The number of rotatable bonds is 3. The average molecular weight is 443 g/mol. The van der Waals surface area contributed by atoms with Gasteiger partial charge in [-0.1, -0.05) is 48.0 Å². The molecular weight excluding hydrogens is 424 g/mol. The van der Waals surface area contributed by atoms with Crippen LogP contribution in [-0.2, 0) is 0 Å². The topological polar surface area (TPSA) is 96.9 Å². The minimum atomic E-state index is -0.600. The number of nitrogens with zero attached hydrogens (tertiary/aromatic N) is 5. The van der Waals surface area contributed by atoms with Crippen LogP contribution < -0.4 is 10.6 Å². The Morgan fingerprint density at radius 2 is 1.66 bits per heavy atom. The summed E-state index contributed by atoms with van der Waals surface area (Å²) in [5.41, 5.74) is 10.6. The first-order chi connectivity index (χ1) is 15.5. The maximum absolute atomic E-state index is 10.2. The number of hydrogen-bond donors (Lipinski definition) is 1. The van der Waals surface area contributed by atoms with Crippen LogP contribution in [0.1, 0.15) is 28.8 Å². The third kappa shape index (κ3) is 2.96. The molecule has 1 aliphatic heterocycles. The highest BCUT2D eigenvalue weighted by Gasteiger charge is 2.41. The number of halogens is 1. The van der Waals surface area contributed by atoms with Crippen molar-refractivity contribution >= 4 is 23.2 Å². The molecule has 158 valence electrons. The molecule has 1 atom stereocenters. The summed E-state index contributed by atoms with van der Waals surface area (Å²) >= 11 is 6.65. The third-order valence-electron chi connectivity index (χ3n) is 5.57. The Morgan fingerprint density at radius 3 is 2.28 bits per heavy atom. The highest BCUT2D eigenvalue weighted by Crippen LogP contribution is 2.48. The quantitative estimate of drug-likeness (QED) is 0.473. The summed E-state index contributed by atoms with van der Waals surface area (Å²) in [7, 11) is 0. The van der Waals surface area contributed by atoms with Crippen LogP contribution in [0.5, 0.6) is 0 Å². The van der Waals surface area contributed by atoms with E-state index in [0.717, 1.165) is 17.1 Å². The van der Waals surface area contributed by atoms with Gasteiger partial charge in [0.15, 0.2) is 11.0 Å². The largest absolute Gasteiger partial charge is 0.424 e. The fraction of sp³-hybridized carbons (Fsp3) is 0.125. The van der Waals surface area contributed by atoms with E-state index in [1.807, 2.05) is 67.6 Å². The molecule has 2 aromatic heterocycles. The summed E-state index contributed by atoms with van der Waals surface area (Å²) < 4.78 is 7.74. The lowest BCUT2D eigenvalue weighted by molar-refractivity contribution is 0.522. The van der Waals surface area contributed by atoms with Crippen molar-refractivity contribution in [2.24, 2.45) is 5.73 Å². The number of nitrogens with two attached hydrogens (primary N) is 1. The van der Waals surface area contributed by atoms with Gasteiger partial charge in [0.25, 0.3) is 0 Å². The molecule has 1 aliphatic rings. The van der Waals surface area contributed by atoms with E-state index in [9.17, 15) is 5.26 Å². The Balaban J connectivity index is 1.75. The zero-order valence-corrected chi connectivity index (χ0v) is 18.2. The molecule has 2 aromatic carbocycles. The zero-order valence-electron chi connectivity index (χ0n) is 17.5. The van der Waals surface area contributed by atoms with Crippen LogP contribution in [-0.4, -0.2) is 14.8 Å². The molecule has 0 fully saturated rings. The predicted octanol–water partition coefficient (Wildman–Crippen LogP) is 5.11. The van der Waals surface area contributed by atoms with Crippen molar-refractivity contribution in [3.63, 3.8) is 0 Å². The first-order valence-electron chi connectivity index (χ1n) is 10.0. The van der Waals surface area contributed by atoms with Crippen molar-refractivity contribution in [2.75, 3.05) is 4.90 Å². The average Bonchev–Trinajstić information content (AvgIpc) is 3.32. The number of aromatic nitrogens is 3. The summed E-state index contributed by atoms with van der Waals surface area (Å²) in [6.07, 6.45) is 0. The molecule has 0 bridgehead atoms. The van der Waals surface area contributed by atoms with Gasteiger partial charge in [0.2, 0.25) is 5.88 Å². The Kier molecular flexibility index (Phi) is 4.72. The highest BCUT2D eigenvalue weighted by atomic mass is 35.5. The van der Waals surface area contributed by atoms with Gasteiger partial charge in [-0.15, -0.1) is 0 Å². The molecule has 32 heavy (non-hydrogen) atoms. The molecule has 0 aliphatic carbocycles. The molecule has 5 rings (SSSR count). The minimum absolute atomic E-state index is 0.273. The van der Waals surface area contributed by atoms with Crippen LogP contribution in [0.15, 0.2) is 76.5 Å². The van der Waals surface area contributed by atoms with Crippen LogP contribution in [0.4, 0.5) is 11.6 Å². The Hall–Kier alpha value is -4.02. The monoisotopic (exact) mass is 442 g/mol. The van der Waals surface area contributed by atoms with Gasteiger partial charge >= 0.3 is 0 Å². The van der Waals surface area contributed by atoms with E-state index in [4.69, 9.17) is 21.8 Å². The molecule has 0 spiro atoms. The molecule has 0 radical (unpaired) electrons. The van der Waals surface area contributed by atoms with Gasteiger partial charge in [-0.05, 0) is 31.2 Å². The van der Waals surface area contributed by atoms with Gasteiger partial charge in [0.1, 0.15) is 11.5 Å². The van der Waals surface area contributed by atoms with E-state index in [0.29, 0.717) is 28.6 Å². The first-order valence-corrected chi connectivity index (χ1v) is 10.4. The van der Waals surface area contributed by atoms with Crippen molar-refractivity contribution < 1.29 is 4.42 Å². The zero-order chi connectivity index (χ0) is 22.4. The second kappa shape index (κ2) is 7.59. The number of anilines is 2. The molecule has 0 saturated heterocycles. The molecule has 4 aromatic rings. The Labute approximate surface area is 190 Å². The van der Waals surface area contributed by atoms with Crippen molar-refractivity contribution in [2.45, 2.75) is 19.8 Å². The number of hydrogen-bond acceptors (Lipinski definition) is 6. The summed E-state index contributed by atoms with van der Waals surface area (Å²) in [6.45, 7) is 3.69. The van der Waals surface area contributed by atoms with Crippen LogP contribution in [0.2, 0.25) is 5.15 Å². The molecule has 2 N–H and O–H groups in total. The summed E-state index contributed by atoms with van der Waals surface area (Å²) in [5.74, 6) is 0.614. The van der Waals surface area contributed by atoms with Gasteiger partial charge in [0.05, 0.1) is 28.9 Å². The van der Waals surface area contributed by atoms with E-state index >= 15 is 0 Å². The number of allylic oxidation sites excluding steroid dienone is 1.